The van der Waals surface area contributed by atoms with Gasteiger partial charge in [-0.1, -0.05) is 74.5 Å². The van der Waals surface area contributed by atoms with Crippen LogP contribution in [-0.2, 0) is 11.8 Å². The largest absolute Gasteiger partial charge is 0.496 e. The fraction of sp³-hybridized carbons (Fsp3) is 0.575. The summed E-state index contributed by atoms with van der Waals surface area (Å²) in [5, 5.41) is 3.41. The van der Waals surface area contributed by atoms with Gasteiger partial charge in [0, 0.05) is 29.8 Å². The van der Waals surface area contributed by atoms with E-state index in [0.29, 0.717) is 66.3 Å². The molecule has 0 aliphatic heterocycles. The average molecular weight is 656 g/mol. The summed E-state index contributed by atoms with van der Waals surface area (Å²) in [6, 6.07) is 6.06. The SMILES string of the molecule is [C-]#[N+]c1c(CC2C(CC(C)C)CC(C)CC2C(C)(C)C)c2nc(-c3ccc(OC)c(C(C)(C)C)c3)[nH]n2c1OC(=O)N(CC=C)CC=C. The third kappa shape index (κ3) is 7.83. The zero-order valence-corrected chi connectivity index (χ0v) is 30.9. The molecule has 0 radical (unpaired) electrons. The topological polar surface area (TPSA) is 76.2 Å². The highest BCUT2D eigenvalue weighted by Crippen LogP contribution is 2.51. The first-order valence-electron chi connectivity index (χ1n) is 17.4. The first kappa shape index (κ1) is 36.8. The van der Waals surface area contributed by atoms with Crippen LogP contribution in [0.5, 0.6) is 11.6 Å². The molecule has 48 heavy (non-hydrogen) atoms. The molecule has 1 aromatic carbocycles. The molecule has 260 valence electrons. The van der Waals surface area contributed by atoms with E-state index < -0.39 is 6.09 Å². The molecule has 4 atom stereocenters. The van der Waals surface area contributed by atoms with Crippen LogP contribution in [0.15, 0.2) is 43.5 Å². The van der Waals surface area contributed by atoms with Crippen molar-refractivity contribution in [1.82, 2.24) is 19.5 Å². The van der Waals surface area contributed by atoms with Crippen molar-refractivity contribution >= 4 is 17.4 Å². The van der Waals surface area contributed by atoms with E-state index >= 15 is 0 Å². The molecule has 1 aliphatic rings. The van der Waals surface area contributed by atoms with Crippen LogP contribution in [0.25, 0.3) is 21.9 Å². The molecule has 3 aromatic rings. The fourth-order valence-electron chi connectivity index (χ4n) is 7.82. The predicted molar refractivity (Wildman–Crippen MR) is 196 cm³/mol. The molecule has 1 N–H and O–H groups in total. The number of hydrogen-bond donors (Lipinski definition) is 1. The Bertz CT molecular complexity index is 1650. The number of carbonyl (C=O) groups excluding carboxylic acids is 1. The van der Waals surface area contributed by atoms with Gasteiger partial charge in [-0.25, -0.2) is 19.1 Å². The van der Waals surface area contributed by atoms with Crippen molar-refractivity contribution < 1.29 is 14.3 Å². The molecule has 1 saturated carbocycles. The molecular weight excluding hydrogens is 598 g/mol. The molecule has 1 aliphatic carbocycles. The number of benzene rings is 1. The quantitative estimate of drug-likeness (QED) is 0.165. The van der Waals surface area contributed by atoms with Gasteiger partial charge in [0.1, 0.15) is 11.4 Å². The van der Waals surface area contributed by atoms with E-state index in [9.17, 15) is 4.79 Å². The van der Waals surface area contributed by atoms with Gasteiger partial charge in [-0.2, -0.15) is 0 Å². The highest BCUT2D eigenvalue weighted by atomic mass is 16.6. The lowest BCUT2D eigenvalue weighted by Gasteiger charge is -2.48. The van der Waals surface area contributed by atoms with Gasteiger partial charge < -0.3 is 14.4 Å². The zero-order valence-electron chi connectivity index (χ0n) is 30.9. The van der Waals surface area contributed by atoms with Gasteiger partial charge in [-0.3, -0.25) is 5.10 Å². The molecule has 4 unspecified atom stereocenters. The molecule has 0 spiro atoms. The maximum Gasteiger partial charge on any atom is 0.416 e. The van der Waals surface area contributed by atoms with Gasteiger partial charge in [0.15, 0.2) is 5.82 Å². The number of H-pyrrole nitrogens is 1. The van der Waals surface area contributed by atoms with E-state index in [4.69, 9.17) is 21.0 Å². The Morgan fingerprint density at radius 2 is 1.83 bits per heavy atom. The van der Waals surface area contributed by atoms with Crippen LogP contribution in [0.2, 0.25) is 0 Å². The molecular formula is C40H57N5O3. The van der Waals surface area contributed by atoms with Gasteiger partial charge in [-0.05, 0) is 84.3 Å². The molecule has 8 nitrogen and oxygen atoms in total. The number of carbonyl (C=O) groups is 1. The monoisotopic (exact) mass is 655 g/mol. The number of aromatic nitrogens is 3. The Kier molecular flexibility index (Phi) is 11.2. The van der Waals surface area contributed by atoms with E-state index in [2.05, 4.69) is 91.5 Å². The van der Waals surface area contributed by atoms with Gasteiger partial charge >= 0.3 is 6.09 Å². The fourth-order valence-corrected chi connectivity index (χ4v) is 7.82. The Balaban J connectivity index is 1.94. The van der Waals surface area contributed by atoms with E-state index in [1.54, 1.807) is 23.8 Å². The number of hydrogen-bond acceptors (Lipinski definition) is 4. The molecule has 0 saturated heterocycles. The summed E-state index contributed by atoms with van der Waals surface area (Å²) in [6.07, 6.45) is 6.88. The summed E-state index contributed by atoms with van der Waals surface area (Å²) in [4.78, 5) is 24.2. The standard InChI is InChI=1S/C40H57N5O3/c1-14-18-44(19-15-2)38(46)48-37-34(41-12)30(24-29-28(20-25(3)4)21-26(5)22-31(29)39(6,7)8)36-42-35(43-45(36)37)27-16-17-33(47-13)32(23-27)40(9,10)11/h14-17,23,25-26,28-29,31H,1-2,18-22,24H2,3-11,13H3,(H,42,43). The van der Waals surface area contributed by atoms with E-state index in [1.165, 1.54) is 11.3 Å². The summed E-state index contributed by atoms with van der Waals surface area (Å²) in [7, 11) is 1.69. The number of methoxy groups -OCH3 is 1. The van der Waals surface area contributed by atoms with Crippen molar-refractivity contribution in [2.24, 2.45) is 35.0 Å². The summed E-state index contributed by atoms with van der Waals surface area (Å²) >= 11 is 0. The molecule has 2 heterocycles. The first-order valence-corrected chi connectivity index (χ1v) is 17.4. The normalized spacial score (nSPS) is 20.0. The lowest BCUT2D eigenvalue weighted by atomic mass is 9.57. The second-order valence-electron chi connectivity index (χ2n) is 16.3. The van der Waals surface area contributed by atoms with E-state index in [1.807, 2.05) is 12.1 Å². The molecule has 1 fully saturated rings. The molecule has 2 aromatic heterocycles. The lowest BCUT2D eigenvalue weighted by molar-refractivity contribution is 0.0259. The number of ether oxygens (including phenoxy) is 2. The summed E-state index contributed by atoms with van der Waals surface area (Å²) in [5.41, 5.74) is 3.67. The number of rotatable bonds is 11. The van der Waals surface area contributed by atoms with E-state index in [-0.39, 0.29) is 16.7 Å². The van der Waals surface area contributed by atoms with Crippen LogP contribution in [0.3, 0.4) is 0 Å². The van der Waals surface area contributed by atoms with Crippen molar-refractivity contribution in [2.75, 3.05) is 20.2 Å². The van der Waals surface area contributed by atoms with Crippen molar-refractivity contribution in [2.45, 2.75) is 93.4 Å². The first-order chi connectivity index (χ1) is 22.5. The number of aromatic amines is 1. The highest BCUT2D eigenvalue weighted by Gasteiger charge is 2.43. The zero-order chi connectivity index (χ0) is 35.6. The number of fused-ring (bicyclic) bond motifs is 1. The van der Waals surface area contributed by atoms with Crippen LogP contribution >= 0.6 is 0 Å². The molecule has 1 amide bonds. The summed E-state index contributed by atoms with van der Waals surface area (Å²) in [5.74, 6) is 4.16. The third-order valence-corrected chi connectivity index (χ3v) is 9.95. The average Bonchev–Trinajstić information content (AvgIpc) is 3.54. The summed E-state index contributed by atoms with van der Waals surface area (Å²) < 4.78 is 13.5. The Morgan fingerprint density at radius 3 is 2.38 bits per heavy atom. The van der Waals surface area contributed by atoms with Crippen molar-refractivity contribution in [3.63, 3.8) is 0 Å². The Morgan fingerprint density at radius 1 is 1.17 bits per heavy atom. The summed E-state index contributed by atoms with van der Waals surface area (Å²) in [6.45, 7) is 37.1. The highest BCUT2D eigenvalue weighted by molar-refractivity contribution is 5.80. The van der Waals surface area contributed by atoms with Gasteiger partial charge in [0.2, 0.25) is 5.88 Å². The molecule has 0 bridgehead atoms. The second-order valence-corrected chi connectivity index (χ2v) is 16.3. The van der Waals surface area contributed by atoms with Crippen LogP contribution in [0.4, 0.5) is 10.5 Å². The molecule has 4 rings (SSSR count). The van der Waals surface area contributed by atoms with Crippen LogP contribution in [0, 0.1) is 41.6 Å². The van der Waals surface area contributed by atoms with Crippen LogP contribution < -0.4 is 9.47 Å². The van der Waals surface area contributed by atoms with Gasteiger partial charge in [0.25, 0.3) is 5.69 Å². The van der Waals surface area contributed by atoms with Crippen molar-refractivity contribution in [3.05, 3.63) is 66.1 Å². The number of nitrogens with zero attached hydrogens (tertiary/aromatic N) is 4. The molecule has 8 heteroatoms. The third-order valence-electron chi connectivity index (χ3n) is 9.95. The van der Waals surface area contributed by atoms with Crippen LogP contribution in [-0.4, -0.2) is 45.8 Å². The Labute approximate surface area is 288 Å². The minimum Gasteiger partial charge on any atom is -0.496 e. The maximum absolute atomic E-state index is 13.5. The van der Waals surface area contributed by atoms with Crippen molar-refractivity contribution in [3.8, 4) is 23.0 Å². The smallest absolute Gasteiger partial charge is 0.416 e. The van der Waals surface area contributed by atoms with Crippen molar-refractivity contribution in [1.29, 1.82) is 0 Å². The van der Waals surface area contributed by atoms with Crippen LogP contribution in [0.1, 0.15) is 92.7 Å². The minimum atomic E-state index is -0.571. The number of amides is 1. The Hall–Kier alpha value is -3.99. The maximum atomic E-state index is 13.5. The minimum absolute atomic E-state index is 0.0973. The second kappa shape index (κ2) is 14.6. The predicted octanol–water partition coefficient (Wildman–Crippen LogP) is 10.3. The van der Waals surface area contributed by atoms with Gasteiger partial charge in [0.05, 0.1) is 13.7 Å². The lowest BCUT2D eigenvalue weighted by Crippen LogP contribution is -2.40. The van der Waals surface area contributed by atoms with E-state index in [0.717, 1.165) is 35.3 Å². The van der Waals surface area contributed by atoms with Gasteiger partial charge in [-0.15, -0.1) is 13.2 Å². The number of nitrogens with one attached hydrogen (secondary N) is 1.